The topological polar surface area (TPSA) is 149 Å². The van der Waals surface area contributed by atoms with Crippen LogP contribution in [0.2, 0.25) is 0 Å². The van der Waals surface area contributed by atoms with Crippen LogP contribution in [0.5, 0.6) is 0 Å². The average Bonchev–Trinajstić information content (AvgIpc) is 3.33. The zero-order valence-corrected chi connectivity index (χ0v) is 17.3. The van der Waals surface area contributed by atoms with Crippen LogP contribution < -0.4 is 0 Å². The van der Waals surface area contributed by atoms with Crippen LogP contribution in [-0.4, -0.2) is 68.7 Å². The van der Waals surface area contributed by atoms with Crippen molar-refractivity contribution < 1.29 is 48.7 Å². The number of ether oxygens (including phenoxy) is 4. The highest BCUT2D eigenvalue weighted by Gasteiger charge is 2.76. The van der Waals surface area contributed by atoms with Gasteiger partial charge in [-0.3, -0.25) is 0 Å². The number of carbonyl (C=O) groups is 3. The number of esters is 3. The summed E-state index contributed by atoms with van der Waals surface area (Å²) in [5, 5.41) is 31.6. The molecule has 0 bridgehead atoms. The molecule has 4 saturated heterocycles. The summed E-state index contributed by atoms with van der Waals surface area (Å²) >= 11 is 0. The lowest BCUT2D eigenvalue weighted by Gasteiger charge is -2.38. The summed E-state index contributed by atoms with van der Waals surface area (Å²) in [6.07, 6.45) is -1.73. The van der Waals surface area contributed by atoms with E-state index in [9.17, 15) is 29.7 Å². The molecule has 5 aliphatic rings. The van der Waals surface area contributed by atoms with Gasteiger partial charge in [0, 0.05) is 24.0 Å². The van der Waals surface area contributed by atoms with E-state index in [0.29, 0.717) is 17.6 Å². The largest absolute Gasteiger partial charge is 0.455 e. The maximum absolute atomic E-state index is 12.7. The Balaban J connectivity index is 1.54. The number of hydrogen-bond donors (Lipinski definition) is 3. The van der Waals surface area contributed by atoms with E-state index < -0.39 is 65.2 Å². The fourth-order valence-electron chi connectivity index (χ4n) is 5.78. The Morgan fingerprint density at radius 2 is 1.81 bits per heavy atom. The maximum Gasteiger partial charge on any atom is 0.344 e. The first kappa shape index (κ1) is 20.6. The van der Waals surface area contributed by atoms with E-state index >= 15 is 0 Å². The van der Waals surface area contributed by atoms with Crippen LogP contribution in [0.25, 0.3) is 0 Å². The van der Waals surface area contributed by atoms with Gasteiger partial charge in [0.15, 0.2) is 5.79 Å². The standard InChI is InChI=1S/C21H24O10/c1-9(10-7-12(28-14(10)23)20(26)8-13(22)29-17(20)25)19(3)16-18(2)11(15(24)30-16)5-4-6-21(18,27)31-19/h5,12-13,16,22,26-27H,4,6-8H2,1-3H3/b10-9-/t12-,13?,16+,18-,19+,20?,21+/m1/s1. The molecule has 10 nitrogen and oxygen atoms in total. The van der Waals surface area contributed by atoms with Crippen molar-refractivity contribution >= 4 is 17.9 Å². The Labute approximate surface area is 177 Å². The highest BCUT2D eigenvalue weighted by molar-refractivity contribution is 5.95. The molecule has 0 aromatic carbocycles. The van der Waals surface area contributed by atoms with Crippen LogP contribution in [0, 0.1) is 5.41 Å². The van der Waals surface area contributed by atoms with Crippen molar-refractivity contribution in [3.8, 4) is 0 Å². The highest BCUT2D eigenvalue weighted by atomic mass is 16.7. The Morgan fingerprint density at radius 1 is 1.10 bits per heavy atom. The number of carbonyl (C=O) groups excluding carboxylic acids is 3. The van der Waals surface area contributed by atoms with Crippen LogP contribution in [0.4, 0.5) is 0 Å². The minimum absolute atomic E-state index is 0.138. The average molecular weight is 436 g/mol. The van der Waals surface area contributed by atoms with E-state index in [1.165, 1.54) is 0 Å². The van der Waals surface area contributed by atoms with Gasteiger partial charge in [-0.15, -0.1) is 0 Å². The highest BCUT2D eigenvalue weighted by Crippen LogP contribution is 2.64. The van der Waals surface area contributed by atoms with Gasteiger partial charge < -0.3 is 34.3 Å². The van der Waals surface area contributed by atoms with Gasteiger partial charge in [-0.1, -0.05) is 6.08 Å². The summed E-state index contributed by atoms with van der Waals surface area (Å²) in [6.45, 7) is 4.97. The number of cyclic esters (lactones) is 2. The van der Waals surface area contributed by atoms with Crippen molar-refractivity contribution in [2.75, 3.05) is 0 Å². The summed E-state index contributed by atoms with van der Waals surface area (Å²) in [7, 11) is 0. The van der Waals surface area contributed by atoms with Gasteiger partial charge in [-0.25, -0.2) is 14.4 Å². The van der Waals surface area contributed by atoms with Crippen LogP contribution in [0.15, 0.2) is 22.8 Å². The SMILES string of the molecule is C/C(=C1\C[C@H](C2(O)CC(O)OC2=O)OC1=O)[C@]1(C)O[C@@]2(O)CCC=C3C(=O)O[C@H]1[C@@]32C. The van der Waals surface area contributed by atoms with Gasteiger partial charge >= 0.3 is 17.9 Å². The minimum atomic E-state index is -2.16. The van der Waals surface area contributed by atoms with Gasteiger partial charge in [0.2, 0.25) is 11.9 Å². The molecule has 168 valence electrons. The van der Waals surface area contributed by atoms with Gasteiger partial charge in [0.25, 0.3) is 0 Å². The molecule has 10 heteroatoms. The molecule has 7 atom stereocenters. The molecule has 0 aromatic rings. The summed E-state index contributed by atoms with van der Waals surface area (Å²) in [6, 6.07) is 0. The predicted octanol–water partition coefficient (Wildman–Crippen LogP) is -0.256. The number of aliphatic hydroxyl groups is 3. The number of allylic oxidation sites excluding steroid dienone is 1. The lowest BCUT2D eigenvalue weighted by Crippen LogP contribution is -2.48. The summed E-state index contributed by atoms with van der Waals surface area (Å²) in [5.41, 5.74) is -3.74. The Hall–Kier alpha value is -2.27. The Kier molecular flexibility index (Phi) is 3.95. The molecule has 31 heavy (non-hydrogen) atoms. The lowest BCUT2D eigenvalue weighted by atomic mass is 9.65. The number of rotatable bonds is 2. The second kappa shape index (κ2) is 5.94. The molecular formula is C21H24O10. The Morgan fingerprint density at radius 3 is 2.45 bits per heavy atom. The molecule has 0 amide bonds. The Bertz CT molecular complexity index is 983. The first-order valence-electron chi connectivity index (χ1n) is 10.2. The van der Waals surface area contributed by atoms with Crippen molar-refractivity contribution in [2.45, 2.75) is 81.9 Å². The zero-order valence-electron chi connectivity index (χ0n) is 17.3. The zero-order chi connectivity index (χ0) is 22.6. The number of aliphatic hydroxyl groups excluding tert-OH is 1. The summed E-state index contributed by atoms with van der Waals surface area (Å²) in [5.74, 6) is -4.01. The van der Waals surface area contributed by atoms with Crippen molar-refractivity contribution in [1.82, 2.24) is 0 Å². The van der Waals surface area contributed by atoms with Crippen molar-refractivity contribution in [1.29, 1.82) is 0 Å². The minimum Gasteiger partial charge on any atom is -0.455 e. The molecule has 0 radical (unpaired) electrons. The molecule has 2 unspecified atom stereocenters. The third kappa shape index (κ3) is 2.33. The van der Waals surface area contributed by atoms with Crippen molar-refractivity contribution in [2.24, 2.45) is 5.41 Å². The molecule has 4 aliphatic heterocycles. The van der Waals surface area contributed by atoms with E-state index in [1.807, 2.05) is 0 Å². The first-order valence-corrected chi connectivity index (χ1v) is 10.2. The molecule has 0 saturated carbocycles. The number of hydrogen-bond acceptors (Lipinski definition) is 10. The molecule has 4 fully saturated rings. The van der Waals surface area contributed by atoms with Gasteiger partial charge in [-0.2, -0.15) is 0 Å². The smallest absolute Gasteiger partial charge is 0.344 e. The second-order valence-electron chi connectivity index (χ2n) is 9.33. The third-order valence-electron chi connectivity index (χ3n) is 7.75. The van der Waals surface area contributed by atoms with Gasteiger partial charge in [0.1, 0.15) is 17.8 Å². The first-order chi connectivity index (χ1) is 14.4. The van der Waals surface area contributed by atoms with Crippen LogP contribution in [0.1, 0.15) is 46.5 Å². The van der Waals surface area contributed by atoms with E-state index in [4.69, 9.17) is 14.2 Å². The third-order valence-corrected chi connectivity index (χ3v) is 7.75. The fourth-order valence-corrected chi connectivity index (χ4v) is 5.78. The van der Waals surface area contributed by atoms with E-state index in [2.05, 4.69) is 4.74 Å². The van der Waals surface area contributed by atoms with E-state index in [0.717, 1.165) is 0 Å². The monoisotopic (exact) mass is 436 g/mol. The summed E-state index contributed by atoms with van der Waals surface area (Å²) in [4.78, 5) is 37.2. The van der Waals surface area contributed by atoms with Crippen LogP contribution in [0.3, 0.4) is 0 Å². The lowest BCUT2D eigenvalue weighted by molar-refractivity contribution is -0.247. The molecule has 0 spiro atoms. The van der Waals surface area contributed by atoms with Gasteiger partial charge in [0.05, 0.1) is 11.8 Å². The second-order valence-corrected chi connectivity index (χ2v) is 9.33. The molecule has 1 aliphatic carbocycles. The van der Waals surface area contributed by atoms with E-state index in [1.54, 1.807) is 26.8 Å². The van der Waals surface area contributed by atoms with Crippen molar-refractivity contribution in [3.63, 3.8) is 0 Å². The molecule has 4 heterocycles. The van der Waals surface area contributed by atoms with Crippen molar-refractivity contribution in [3.05, 3.63) is 22.8 Å². The molecule has 3 N–H and O–H groups in total. The normalized spacial score (nSPS) is 50.1. The van der Waals surface area contributed by atoms with Gasteiger partial charge in [-0.05, 0) is 32.8 Å². The quantitative estimate of drug-likeness (QED) is 0.300. The summed E-state index contributed by atoms with van der Waals surface area (Å²) < 4.78 is 21.7. The fraction of sp³-hybridized carbons (Fsp3) is 0.667. The maximum atomic E-state index is 12.7. The van der Waals surface area contributed by atoms with E-state index in [-0.39, 0.29) is 18.4 Å². The molecule has 5 rings (SSSR count). The molecular weight excluding hydrogens is 412 g/mol. The predicted molar refractivity (Wildman–Crippen MR) is 98.6 cm³/mol. The van der Waals surface area contributed by atoms with Crippen LogP contribution in [-0.2, 0) is 33.3 Å². The van der Waals surface area contributed by atoms with Crippen LogP contribution >= 0.6 is 0 Å². The molecule has 0 aromatic heterocycles.